The summed E-state index contributed by atoms with van der Waals surface area (Å²) in [6.45, 7) is 6.29. The Labute approximate surface area is 109 Å². The fourth-order valence-corrected chi connectivity index (χ4v) is 2.65. The predicted octanol–water partition coefficient (Wildman–Crippen LogP) is 3.20. The van der Waals surface area contributed by atoms with Crippen LogP contribution in [0.1, 0.15) is 76.4 Å². The number of hydrogen-bond acceptors (Lipinski definition) is 4. The molecule has 1 aromatic rings. The highest BCUT2D eigenvalue weighted by atomic mass is 16.5. The van der Waals surface area contributed by atoms with Gasteiger partial charge in [-0.05, 0) is 38.5 Å². The zero-order chi connectivity index (χ0) is 13.1. The van der Waals surface area contributed by atoms with E-state index in [1.807, 2.05) is 13.8 Å². The van der Waals surface area contributed by atoms with Gasteiger partial charge in [0.1, 0.15) is 0 Å². The van der Waals surface area contributed by atoms with Crippen LogP contribution in [0.3, 0.4) is 0 Å². The van der Waals surface area contributed by atoms with Crippen LogP contribution < -0.4 is 5.73 Å². The van der Waals surface area contributed by atoms with E-state index in [1.165, 1.54) is 32.1 Å². The van der Waals surface area contributed by atoms with Crippen molar-refractivity contribution in [3.05, 3.63) is 11.7 Å². The van der Waals surface area contributed by atoms with Gasteiger partial charge >= 0.3 is 0 Å². The van der Waals surface area contributed by atoms with Gasteiger partial charge in [0.05, 0.1) is 5.92 Å². The van der Waals surface area contributed by atoms with E-state index >= 15 is 0 Å². The molecule has 18 heavy (non-hydrogen) atoms. The second-order valence-corrected chi connectivity index (χ2v) is 5.76. The highest BCUT2D eigenvalue weighted by molar-refractivity contribution is 5.01. The third kappa shape index (κ3) is 2.91. The fourth-order valence-electron chi connectivity index (χ4n) is 2.65. The van der Waals surface area contributed by atoms with Gasteiger partial charge in [0.15, 0.2) is 5.82 Å². The van der Waals surface area contributed by atoms with Crippen LogP contribution in [0, 0.1) is 5.92 Å². The Morgan fingerprint density at radius 3 is 2.50 bits per heavy atom. The Kier molecular flexibility index (Phi) is 4.38. The van der Waals surface area contributed by atoms with Crippen molar-refractivity contribution in [2.24, 2.45) is 11.7 Å². The molecule has 1 aliphatic carbocycles. The molecule has 0 amide bonds. The van der Waals surface area contributed by atoms with Crippen molar-refractivity contribution in [1.29, 1.82) is 0 Å². The normalized spacial score (nSPS) is 28.0. The maximum atomic E-state index is 5.86. The summed E-state index contributed by atoms with van der Waals surface area (Å²) in [4.78, 5) is 4.55. The molecule has 1 fully saturated rings. The number of nitrogens with two attached hydrogens (primary N) is 1. The van der Waals surface area contributed by atoms with Crippen molar-refractivity contribution < 1.29 is 4.52 Å². The lowest BCUT2D eigenvalue weighted by Crippen LogP contribution is -2.22. The average Bonchev–Trinajstić information content (AvgIpc) is 2.87. The summed E-state index contributed by atoms with van der Waals surface area (Å²) < 4.78 is 5.35. The molecule has 2 unspecified atom stereocenters. The minimum absolute atomic E-state index is 0.0501. The van der Waals surface area contributed by atoms with E-state index in [1.54, 1.807) is 0 Å². The Bertz CT molecular complexity index is 367. The maximum absolute atomic E-state index is 5.86. The molecule has 2 N–H and O–H groups in total. The lowest BCUT2D eigenvalue weighted by atomic mass is 9.80. The third-order valence-corrected chi connectivity index (χ3v) is 4.42. The first-order chi connectivity index (χ1) is 8.61. The molecule has 0 saturated heterocycles. The van der Waals surface area contributed by atoms with Crippen molar-refractivity contribution in [1.82, 2.24) is 10.1 Å². The zero-order valence-corrected chi connectivity index (χ0v) is 11.7. The minimum atomic E-state index is 0.0501. The van der Waals surface area contributed by atoms with Crippen LogP contribution in [0.25, 0.3) is 0 Å². The summed E-state index contributed by atoms with van der Waals surface area (Å²) >= 11 is 0. The number of hydrogen-bond donors (Lipinski definition) is 1. The van der Waals surface area contributed by atoms with E-state index < -0.39 is 0 Å². The predicted molar refractivity (Wildman–Crippen MR) is 71.4 cm³/mol. The van der Waals surface area contributed by atoms with Crippen molar-refractivity contribution in [3.8, 4) is 0 Å². The van der Waals surface area contributed by atoms with Crippen LogP contribution in [0.4, 0.5) is 0 Å². The van der Waals surface area contributed by atoms with Gasteiger partial charge < -0.3 is 10.3 Å². The van der Waals surface area contributed by atoms with E-state index in [0.29, 0.717) is 11.8 Å². The van der Waals surface area contributed by atoms with Crippen molar-refractivity contribution in [3.63, 3.8) is 0 Å². The molecule has 0 aliphatic heterocycles. The molecular weight excluding hydrogens is 226 g/mol. The molecule has 0 spiro atoms. The summed E-state index contributed by atoms with van der Waals surface area (Å²) in [5.74, 6) is 3.11. The van der Waals surface area contributed by atoms with Crippen LogP contribution in [-0.4, -0.2) is 16.2 Å². The standard InChI is InChI=1S/C14H25N3O/c1-4-11-5-7-12(8-6-11)13-16-14(18-17-13)9(2)10(3)15/h9-12H,4-8,15H2,1-3H3. The Morgan fingerprint density at radius 1 is 1.28 bits per heavy atom. The number of aromatic nitrogens is 2. The molecule has 4 heteroatoms. The van der Waals surface area contributed by atoms with Crippen LogP contribution in [0.2, 0.25) is 0 Å². The van der Waals surface area contributed by atoms with Crippen LogP contribution >= 0.6 is 0 Å². The van der Waals surface area contributed by atoms with Crippen LogP contribution in [0.15, 0.2) is 4.52 Å². The van der Waals surface area contributed by atoms with Crippen LogP contribution in [-0.2, 0) is 0 Å². The van der Waals surface area contributed by atoms with E-state index in [-0.39, 0.29) is 12.0 Å². The minimum Gasteiger partial charge on any atom is -0.339 e. The van der Waals surface area contributed by atoms with Gasteiger partial charge in [-0.2, -0.15) is 4.98 Å². The molecule has 1 aliphatic rings. The van der Waals surface area contributed by atoms with Gasteiger partial charge in [-0.3, -0.25) is 0 Å². The molecular formula is C14H25N3O. The number of nitrogens with zero attached hydrogens (tertiary/aromatic N) is 2. The van der Waals surface area contributed by atoms with Gasteiger partial charge in [-0.1, -0.05) is 25.4 Å². The molecule has 4 nitrogen and oxygen atoms in total. The largest absolute Gasteiger partial charge is 0.339 e. The Hall–Kier alpha value is -0.900. The summed E-state index contributed by atoms with van der Waals surface area (Å²) in [6, 6.07) is 0.0501. The zero-order valence-electron chi connectivity index (χ0n) is 11.7. The molecule has 1 saturated carbocycles. The summed E-state index contributed by atoms with van der Waals surface area (Å²) in [7, 11) is 0. The van der Waals surface area contributed by atoms with E-state index in [2.05, 4.69) is 17.1 Å². The first-order valence-electron chi connectivity index (χ1n) is 7.20. The van der Waals surface area contributed by atoms with E-state index in [4.69, 9.17) is 10.3 Å². The second kappa shape index (κ2) is 5.83. The molecule has 2 atom stereocenters. The maximum Gasteiger partial charge on any atom is 0.231 e. The molecule has 102 valence electrons. The van der Waals surface area contributed by atoms with Gasteiger partial charge in [0.25, 0.3) is 0 Å². The summed E-state index contributed by atoms with van der Waals surface area (Å²) in [5, 5.41) is 4.15. The molecule has 0 radical (unpaired) electrons. The molecule has 1 aromatic heterocycles. The smallest absolute Gasteiger partial charge is 0.231 e. The Balaban J connectivity index is 1.98. The summed E-state index contributed by atoms with van der Waals surface area (Å²) in [5.41, 5.74) is 5.86. The first-order valence-corrected chi connectivity index (χ1v) is 7.20. The second-order valence-electron chi connectivity index (χ2n) is 5.76. The van der Waals surface area contributed by atoms with Crippen LogP contribution in [0.5, 0.6) is 0 Å². The van der Waals surface area contributed by atoms with E-state index in [9.17, 15) is 0 Å². The van der Waals surface area contributed by atoms with Gasteiger partial charge in [-0.25, -0.2) is 0 Å². The molecule has 2 rings (SSSR count). The summed E-state index contributed by atoms with van der Waals surface area (Å²) in [6.07, 6.45) is 6.29. The quantitative estimate of drug-likeness (QED) is 0.892. The average molecular weight is 251 g/mol. The van der Waals surface area contributed by atoms with Crippen molar-refractivity contribution in [2.45, 2.75) is 70.8 Å². The first kappa shape index (κ1) is 13.5. The Morgan fingerprint density at radius 2 is 1.94 bits per heavy atom. The van der Waals surface area contributed by atoms with Gasteiger partial charge in [0, 0.05) is 12.0 Å². The van der Waals surface area contributed by atoms with Crippen molar-refractivity contribution >= 4 is 0 Å². The third-order valence-electron chi connectivity index (χ3n) is 4.42. The van der Waals surface area contributed by atoms with Crippen molar-refractivity contribution in [2.75, 3.05) is 0 Å². The lowest BCUT2D eigenvalue weighted by molar-refractivity contribution is 0.300. The lowest BCUT2D eigenvalue weighted by Gasteiger charge is -2.25. The SMILES string of the molecule is CCC1CCC(c2noc(C(C)C(C)N)n2)CC1. The monoisotopic (exact) mass is 251 g/mol. The molecule has 0 bridgehead atoms. The molecule has 1 heterocycles. The highest BCUT2D eigenvalue weighted by Crippen LogP contribution is 2.36. The molecule has 0 aromatic carbocycles. The topological polar surface area (TPSA) is 64.9 Å². The van der Waals surface area contributed by atoms with Gasteiger partial charge in [0.2, 0.25) is 5.89 Å². The van der Waals surface area contributed by atoms with Gasteiger partial charge in [-0.15, -0.1) is 0 Å². The van der Waals surface area contributed by atoms with E-state index in [0.717, 1.165) is 11.7 Å². The highest BCUT2D eigenvalue weighted by Gasteiger charge is 2.26. The number of rotatable bonds is 4. The fraction of sp³-hybridized carbons (Fsp3) is 0.857.